The van der Waals surface area contributed by atoms with E-state index < -0.39 is 0 Å². The molecule has 0 aliphatic carbocycles. The van der Waals surface area contributed by atoms with Gasteiger partial charge in [-0.3, -0.25) is 0 Å². The van der Waals surface area contributed by atoms with E-state index in [0.717, 1.165) is 11.1 Å². The van der Waals surface area contributed by atoms with Crippen molar-refractivity contribution in [1.82, 2.24) is 4.59 Å². The number of halogens is 1. The van der Waals surface area contributed by atoms with Crippen LogP contribution >= 0.6 is 11.6 Å². The molecular weight excluding hydrogens is 354 g/mol. The van der Waals surface area contributed by atoms with Gasteiger partial charge in [-0.15, -0.1) is 4.59 Å². The maximum absolute atomic E-state index is 11.2. The van der Waals surface area contributed by atoms with Crippen molar-refractivity contribution in [2.24, 2.45) is 10.3 Å². The molecule has 0 N–H and O–H groups in total. The largest absolute Gasteiger partial charge is 0.487 e. The highest BCUT2D eigenvalue weighted by Gasteiger charge is 2.32. The van der Waals surface area contributed by atoms with Gasteiger partial charge in [-0.2, -0.15) is 0 Å². The van der Waals surface area contributed by atoms with E-state index in [2.05, 4.69) is 10.3 Å². The molecule has 26 heavy (non-hydrogen) atoms. The first kappa shape index (κ1) is 16.5. The molecule has 1 aromatic heterocycles. The first-order valence-corrected chi connectivity index (χ1v) is 8.34. The summed E-state index contributed by atoms with van der Waals surface area (Å²) in [7, 11) is 1.90. The van der Waals surface area contributed by atoms with Gasteiger partial charge in [0, 0.05) is 22.7 Å². The van der Waals surface area contributed by atoms with E-state index in [1.807, 2.05) is 43.6 Å². The van der Waals surface area contributed by atoms with Gasteiger partial charge < -0.3 is 9.15 Å². The van der Waals surface area contributed by atoms with Crippen molar-refractivity contribution in [2.45, 2.75) is 0 Å². The third-order valence-electron chi connectivity index (χ3n) is 4.08. The van der Waals surface area contributed by atoms with Crippen molar-refractivity contribution in [3.63, 3.8) is 0 Å². The topological polar surface area (TPSA) is 64.2 Å². The van der Waals surface area contributed by atoms with E-state index in [1.165, 1.54) is 6.07 Å². The zero-order chi connectivity index (χ0) is 18.1. The Morgan fingerprint density at radius 3 is 2.85 bits per heavy atom. The van der Waals surface area contributed by atoms with Crippen molar-refractivity contribution < 1.29 is 9.15 Å². The van der Waals surface area contributed by atoms with Crippen molar-refractivity contribution in [3.05, 3.63) is 81.9 Å². The van der Waals surface area contributed by atoms with Crippen molar-refractivity contribution >= 4 is 28.3 Å². The molecule has 4 rings (SSSR count). The molecule has 1 atom stereocenters. The first-order valence-electron chi connectivity index (χ1n) is 7.97. The monoisotopic (exact) mass is 368 g/mol. The van der Waals surface area contributed by atoms with Crippen molar-refractivity contribution in [2.75, 3.05) is 13.7 Å². The number of hydrogen-bond acceptors (Lipinski definition) is 5. The highest BCUT2D eigenvalue weighted by atomic mass is 35.5. The number of rotatable bonds is 4. The fourth-order valence-corrected chi connectivity index (χ4v) is 3.10. The van der Waals surface area contributed by atoms with Crippen LogP contribution in [0.25, 0.3) is 11.0 Å². The van der Waals surface area contributed by atoms with Crippen molar-refractivity contribution in [1.29, 1.82) is 0 Å². The van der Waals surface area contributed by atoms with Crippen LogP contribution in [0.2, 0.25) is 5.02 Å². The molecule has 0 bridgehead atoms. The van der Waals surface area contributed by atoms with Crippen LogP contribution in [0.15, 0.2) is 86.0 Å². The second kappa shape index (κ2) is 6.40. The predicted octanol–water partition coefficient (Wildman–Crippen LogP) is 4.68. The highest BCUT2D eigenvalue weighted by Crippen LogP contribution is 2.34. The molecule has 2 heterocycles. The van der Waals surface area contributed by atoms with Crippen LogP contribution in [0.5, 0.6) is 5.75 Å². The second-order valence-electron chi connectivity index (χ2n) is 6.03. The van der Waals surface area contributed by atoms with Gasteiger partial charge in [-0.05, 0) is 30.3 Å². The van der Waals surface area contributed by atoms with Crippen LogP contribution in [-0.4, -0.2) is 13.7 Å². The Morgan fingerprint density at radius 1 is 1.15 bits per heavy atom. The Hall–Kier alpha value is -2.96. The predicted molar refractivity (Wildman–Crippen MR) is 100 cm³/mol. The number of ether oxygens (including phenoxy) is 1. The van der Waals surface area contributed by atoms with Crippen LogP contribution in [0.1, 0.15) is 0 Å². The summed E-state index contributed by atoms with van der Waals surface area (Å²) in [4.78, 5) is 11.2. The first-order chi connectivity index (χ1) is 12.5. The van der Waals surface area contributed by atoms with E-state index in [9.17, 15) is 4.79 Å². The number of hydrogen-bond donors (Lipinski definition) is 0. The average molecular weight is 369 g/mol. The molecule has 6 nitrogen and oxygen atoms in total. The minimum absolute atomic E-state index is 0.140. The van der Waals surface area contributed by atoms with E-state index in [4.69, 9.17) is 20.8 Å². The van der Waals surface area contributed by atoms with Gasteiger partial charge in [-0.1, -0.05) is 28.8 Å². The lowest BCUT2D eigenvalue weighted by Gasteiger charge is -2.18. The molecular formula is C19H15ClN3O3+. The number of para-hydroxylation sites is 1. The van der Waals surface area contributed by atoms with Crippen LogP contribution in [0, 0.1) is 0 Å². The molecule has 0 saturated carbocycles. The highest BCUT2D eigenvalue weighted by molar-refractivity contribution is 6.33. The van der Waals surface area contributed by atoms with E-state index in [1.54, 1.807) is 18.2 Å². The molecule has 3 aromatic rings. The Kier molecular flexibility index (Phi) is 4.06. The number of nitrogens with zero attached hydrogens (tertiary/aromatic N) is 3. The van der Waals surface area contributed by atoms with Gasteiger partial charge >= 0.3 is 5.63 Å². The zero-order valence-corrected chi connectivity index (χ0v) is 14.7. The fraction of sp³-hybridized carbons (Fsp3) is 0.105. The van der Waals surface area contributed by atoms with Crippen LogP contribution in [0.3, 0.4) is 0 Å². The SMILES string of the molecule is C[N+]1(c2ccccc2Cl)C=C(COc2ccc3oc(=O)ccc3c2)N=N1. The molecule has 0 saturated heterocycles. The molecule has 2 aromatic carbocycles. The summed E-state index contributed by atoms with van der Waals surface area (Å²) in [5.41, 5.74) is 1.69. The molecule has 1 aliphatic rings. The van der Waals surface area contributed by atoms with Gasteiger partial charge in [0.15, 0.2) is 17.6 Å². The summed E-state index contributed by atoms with van der Waals surface area (Å²) in [5.74, 6) is 0.654. The maximum atomic E-state index is 11.2. The molecule has 0 amide bonds. The Labute approximate surface area is 154 Å². The quantitative estimate of drug-likeness (QED) is 0.496. The normalized spacial score (nSPS) is 18.9. The van der Waals surface area contributed by atoms with E-state index in [-0.39, 0.29) is 16.8 Å². The lowest BCUT2D eigenvalue weighted by molar-refractivity contribution is 0.350. The molecule has 1 unspecified atom stereocenters. The number of fused-ring (bicyclic) bond motifs is 1. The third-order valence-corrected chi connectivity index (χ3v) is 4.40. The number of benzene rings is 2. The van der Waals surface area contributed by atoms with Gasteiger partial charge in [-0.25, -0.2) is 4.79 Å². The fourth-order valence-electron chi connectivity index (χ4n) is 2.79. The lowest BCUT2D eigenvalue weighted by atomic mass is 10.2. The van der Waals surface area contributed by atoms with Gasteiger partial charge in [0.2, 0.25) is 0 Å². The molecule has 0 spiro atoms. The van der Waals surface area contributed by atoms with Crippen molar-refractivity contribution in [3.8, 4) is 5.75 Å². The van der Waals surface area contributed by atoms with Crippen LogP contribution in [0.4, 0.5) is 5.69 Å². The molecule has 7 heteroatoms. The zero-order valence-electron chi connectivity index (χ0n) is 13.9. The van der Waals surface area contributed by atoms with Crippen LogP contribution < -0.4 is 15.0 Å². The summed E-state index contributed by atoms with van der Waals surface area (Å²) in [6.45, 7) is 0.268. The lowest BCUT2D eigenvalue weighted by Crippen LogP contribution is -2.30. The summed E-state index contributed by atoms with van der Waals surface area (Å²) >= 11 is 6.27. The summed E-state index contributed by atoms with van der Waals surface area (Å²) in [6.07, 6.45) is 1.89. The minimum Gasteiger partial charge on any atom is -0.487 e. The summed E-state index contributed by atoms with van der Waals surface area (Å²) in [5, 5.41) is 9.94. The van der Waals surface area contributed by atoms with Gasteiger partial charge in [0.05, 0.1) is 0 Å². The molecule has 130 valence electrons. The Morgan fingerprint density at radius 2 is 2.00 bits per heavy atom. The Bertz CT molecular complexity index is 1110. The van der Waals surface area contributed by atoms with Gasteiger partial charge in [0.1, 0.15) is 30.0 Å². The minimum atomic E-state index is -0.376. The van der Waals surface area contributed by atoms with E-state index >= 15 is 0 Å². The third kappa shape index (κ3) is 3.12. The second-order valence-corrected chi connectivity index (χ2v) is 6.44. The van der Waals surface area contributed by atoms with Crippen LogP contribution in [-0.2, 0) is 0 Å². The molecule has 1 aliphatic heterocycles. The van der Waals surface area contributed by atoms with E-state index in [0.29, 0.717) is 22.1 Å². The maximum Gasteiger partial charge on any atom is 0.336 e. The average Bonchev–Trinajstić information content (AvgIpc) is 3.02. The standard InChI is InChI=1S/C19H15ClN3O3/c1-23(17-5-3-2-4-16(17)20)11-14(21-22-23)12-25-15-7-8-18-13(10-15)6-9-19(24)26-18/h2-11H,12H2,1H3/q+1. The van der Waals surface area contributed by atoms with Gasteiger partial charge in [0.25, 0.3) is 0 Å². The summed E-state index contributed by atoms with van der Waals surface area (Å²) in [6, 6.07) is 15.9. The number of quaternary nitrogens is 1. The molecule has 0 radical (unpaired) electrons. The Balaban J connectivity index is 1.52. The summed E-state index contributed by atoms with van der Waals surface area (Å²) < 4.78 is 11.1. The smallest absolute Gasteiger partial charge is 0.336 e. The molecule has 0 fully saturated rings.